The lowest BCUT2D eigenvalue weighted by molar-refractivity contribution is 0.641. The van der Waals surface area contributed by atoms with E-state index in [1.54, 1.807) is 0 Å². The molecular weight excluding hydrogens is 747 g/mol. The molecule has 11 rings (SSSR count). The second-order valence-corrected chi connectivity index (χ2v) is 16.8. The monoisotopic (exact) mass is 791 g/mol. The molecule has 0 fully saturated rings. The lowest BCUT2D eigenvalue weighted by atomic mass is 9.75. The second kappa shape index (κ2) is 15.4. The zero-order chi connectivity index (χ0) is 41.6. The van der Waals surface area contributed by atoms with Gasteiger partial charge in [0.2, 0.25) is 0 Å². The molecule has 1 aliphatic heterocycles. The van der Waals surface area contributed by atoms with E-state index < -0.39 is 0 Å². The van der Waals surface area contributed by atoms with Crippen molar-refractivity contribution in [2.45, 2.75) is 19.3 Å². The molecule has 10 aromatic rings. The van der Waals surface area contributed by atoms with Gasteiger partial charge >= 0.3 is 0 Å². The van der Waals surface area contributed by atoms with Crippen molar-refractivity contribution in [1.82, 2.24) is 0 Å². The van der Waals surface area contributed by atoms with Crippen molar-refractivity contribution in [2.75, 3.05) is 4.90 Å². The Hall–Kier alpha value is -7.74. The summed E-state index contributed by atoms with van der Waals surface area (Å²) in [4.78, 5) is 2.56. The van der Waals surface area contributed by atoms with Gasteiger partial charge in [-0.2, -0.15) is 0 Å². The van der Waals surface area contributed by atoms with Crippen LogP contribution in [0.4, 0.5) is 17.1 Å². The molecule has 1 heteroatoms. The van der Waals surface area contributed by atoms with E-state index in [4.69, 9.17) is 0 Å². The Labute approximate surface area is 364 Å². The van der Waals surface area contributed by atoms with E-state index in [1.807, 2.05) is 0 Å². The summed E-state index contributed by atoms with van der Waals surface area (Å²) in [5.74, 6) is 0. The molecule has 0 aliphatic carbocycles. The normalized spacial score (nSPS) is 12.8. The van der Waals surface area contributed by atoms with Gasteiger partial charge in [-0.15, -0.1) is 0 Å². The molecule has 0 radical (unpaired) electrons. The minimum Gasteiger partial charge on any atom is -0.309 e. The molecule has 1 aliphatic rings. The van der Waals surface area contributed by atoms with Crippen LogP contribution in [0.5, 0.6) is 0 Å². The highest BCUT2D eigenvalue weighted by atomic mass is 15.2. The lowest BCUT2D eigenvalue weighted by Gasteiger charge is -2.36. The largest absolute Gasteiger partial charge is 0.309 e. The Morgan fingerprint density at radius 3 is 1.31 bits per heavy atom. The summed E-state index contributed by atoms with van der Waals surface area (Å²) < 4.78 is 0. The molecule has 0 atom stereocenters. The molecule has 0 spiro atoms. The number of nitrogens with zero attached hydrogens (tertiary/aromatic N) is 1. The zero-order valence-corrected chi connectivity index (χ0v) is 35.0. The third kappa shape index (κ3) is 6.33. The molecule has 1 nitrogen and oxygen atoms in total. The van der Waals surface area contributed by atoms with E-state index in [1.165, 1.54) is 88.7 Å². The summed E-state index contributed by atoms with van der Waals surface area (Å²) in [6.45, 7) is 4.75. The van der Waals surface area contributed by atoms with Gasteiger partial charge in [-0.3, -0.25) is 0 Å². The van der Waals surface area contributed by atoms with Crippen LogP contribution >= 0.6 is 0 Å². The predicted molar refractivity (Wildman–Crippen MR) is 263 cm³/mol. The van der Waals surface area contributed by atoms with Gasteiger partial charge in [-0.1, -0.05) is 226 Å². The van der Waals surface area contributed by atoms with E-state index in [-0.39, 0.29) is 5.41 Å². The second-order valence-electron chi connectivity index (χ2n) is 16.8. The van der Waals surface area contributed by atoms with E-state index in [0.29, 0.717) is 0 Å². The Morgan fingerprint density at radius 1 is 0.274 bits per heavy atom. The van der Waals surface area contributed by atoms with Gasteiger partial charge in [0.05, 0.1) is 17.1 Å². The van der Waals surface area contributed by atoms with Gasteiger partial charge in [0.1, 0.15) is 0 Å². The number of benzene rings is 10. The van der Waals surface area contributed by atoms with Crippen LogP contribution < -0.4 is 4.90 Å². The number of para-hydroxylation sites is 2. The fourth-order valence-corrected chi connectivity index (χ4v) is 9.72. The predicted octanol–water partition coefficient (Wildman–Crippen LogP) is 17.0. The maximum Gasteiger partial charge on any atom is 0.0543 e. The number of hydrogen-bond acceptors (Lipinski definition) is 1. The van der Waals surface area contributed by atoms with E-state index in [0.717, 1.165) is 17.1 Å². The molecule has 0 unspecified atom stereocenters. The van der Waals surface area contributed by atoms with Crippen LogP contribution in [-0.2, 0) is 5.41 Å². The van der Waals surface area contributed by atoms with Gasteiger partial charge < -0.3 is 4.90 Å². The standard InChI is InChI=1S/C61H45N/c1-61(2)46-37-39-52(51-29-13-12-28-48(51)42-20-6-3-7-21-42)56(40-46)54-31-15-17-35-58(54)62(59-41-47(61)36-38-49(59)43-22-8-4-9-23-43)57-34-16-14-30-53(57)55-33-19-27-45-26-18-32-50(60(45)55)44-24-10-5-11-25-44/h3-41H,1-2H3. The SMILES string of the molecule is CC1(C)c2ccc(-c3ccccc3-c3ccccc3)c(c2)-c2ccccc2N(c2ccccc2-c2cccc3cccc(-c4ccccc4)c23)c2cc1ccc2-c1ccccc1. The molecule has 10 aromatic carbocycles. The maximum absolute atomic E-state index is 2.56. The van der Waals surface area contributed by atoms with Crippen molar-refractivity contribution in [2.24, 2.45) is 0 Å². The lowest BCUT2D eigenvalue weighted by Crippen LogP contribution is -2.22. The summed E-state index contributed by atoms with van der Waals surface area (Å²) in [6, 6.07) is 87.2. The van der Waals surface area contributed by atoms with E-state index in [9.17, 15) is 0 Å². The molecule has 0 saturated carbocycles. The highest BCUT2D eigenvalue weighted by Crippen LogP contribution is 2.53. The fourth-order valence-electron chi connectivity index (χ4n) is 9.72. The third-order valence-corrected chi connectivity index (χ3v) is 12.9. The summed E-state index contributed by atoms with van der Waals surface area (Å²) in [6.07, 6.45) is 0. The van der Waals surface area contributed by atoms with Crippen molar-refractivity contribution in [3.63, 3.8) is 0 Å². The Morgan fingerprint density at radius 2 is 0.694 bits per heavy atom. The molecule has 0 amide bonds. The van der Waals surface area contributed by atoms with E-state index in [2.05, 4.69) is 255 Å². The highest BCUT2D eigenvalue weighted by Gasteiger charge is 2.31. The summed E-state index contributed by atoms with van der Waals surface area (Å²) in [5.41, 5.74) is 20.0. The number of fused-ring (bicyclic) bond motifs is 7. The van der Waals surface area contributed by atoms with Crippen LogP contribution in [0, 0.1) is 0 Å². The van der Waals surface area contributed by atoms with Crippen molar-refractivity contribution >= 4 is 27.8 Å². The third-order valence-electron chi connectivity index (χ3n) is 12.9. The maximum atomic E-state index is 2.56. The molecule has 0 N–H and O–H groups in total. The van der Waals surface area contributed by atoms with Crippen LogP contribution in [0.1, 0.15) is 25.0 Å². The molecule has 0 aromatic heterocycles. The van der Waals surface area contributed by atoms with Gasteiger partial charge in [-0.25, -0.2) is 0 Å². The Kier molecular flexibility index (Phi) is 9.24. The Bertz CT molecular complexity index is 3250. The average molecular weight is 792 g/mol. The summed E-state index contributed by atoms with van der Waals surface area (Å²) in [5, 5.41) is 2.46. The van der Waals surface area contributed by atoms with Crippen molar-refractivity contribution in [1.29, 1.82) is 0 Å². The zero-order valence-electron chi connectivity index (χ0n) is 35.0. The first kappa shape index (κ1) is 37.3. The first-order valence-corrected chi connectivity index (χ1v) is 21.6. The fraction of sp³-hybridized carbons (Fsp3) is 0.0492. The molecule has 4 bridgehead atoms. The first-order valence-electron chi connectivity index (χ1n) is 21.6. The van der Waals surface area contributed by atoms with Crippen molar-refractivity contribution in [3.8, 4) is 66.8 Å². The number of hydrogen-bond donors (Lipinski definition) is 0. The molecule has 294 valence electrons. The quantitative estimate of drug-likeness (QED) is 0.162. The molecule has 1 heterocycles. The van der Waals surface area contributed by atoms with Gasteiger partial charge in [0.15, 0.2) is 0 Å². The van der Waals surface area contributed by atoms with Crippen LogP contribution in [0.15, 0.2) is 237 Å². The Balaban J connectivity index is 1.24. The first-order chi connectivity index (χ1) is 30.5. The van der Waals surface area contributed by atoms with Gasteiger partial charge in [-0.05, 0) is 96.2 Å². The van der Waals surface area contributed by atoms with Crippen LogP contribution in [0.3, 0.4) is 0 Å². The van der Waals surface area contributed by atoms with Crippen LogP contribution in [-0.4, -0.2) is 0 Å². The van der Waals surface area contributed by atoms with Crippen LogP contribution in [0.25, 0.3) is 77.5 Å². The van der Waals surface area contributed by atoms with E-state index >= 15 is 0 Å². The average Bonchev–Trinajstić information content (AvgIpc) is 3.34. The minimum atomic E-state index is -0.312. The smallest absolute Gasteiger partial charge is 0.0543 e. The summed E-state index contributed by atoms with van der Waals surface area (Å²) >= 11 is 0. The highest BCUT2D eigenvalue weighted by molar-refractivity contribution is 6.10. The van der Waals surface area contributed by atoms with Gasteiger partial charge in [0, 0.05) is 22.1 Å². The number of rotatable bonds is 6. The van der Waals surface area contributed by atoms with Crippen molar-refractivity contribution in [3.05, 3.63) is 248 Å². The minimum absolute atomic E-state index is 0.312. The molecular formula is C61H45N. The van der Waals surface area contributed by atoms with Gasteiger partial charge in [0.25, 0.3) is 0 Å². The number of anilines is 3. The summed E-state index contributed by atoms with van der Waals surface area (Å²) in [7, 11) is 0. The topological polar surface area (TPSA) is 3.24 Å². The van der Waals surface area contributed by atoms with Crippen LogP contribution in [0.2, 0.25) is 0 Å². The molecule has 62 heavy (non-hydrogen) atoms. The molecule has 0 saturated heterocycles. The van der Waals surface area contributed by atoms with Crippen molar-refractivity contribution < 1.29 is 0 Å².